The van der Waals surface area contributed by atoms with Crippen molar-refractivity contribution in [1.29, 1.82) is 0 Å². The van der Waals surface area contributed by atoms with Crippen molar-refractivity contribution in [1.82, 2.24) is 10.2 Å². The molecule has 0 spiro atoms. The second-order valence-corrected chi connectivity index (χ2v) is 6.22. The maximum Gasteiger partial charge on any atom is 0.234 e. The summed E-state index contributed by atoms with van der Waals surface area (Å²) in [4.78, 5) is 14.2. The molecule has 0 saturated carbocycles. The Kier molecular flexibility index (Phi) is 7.65. The third kappa shape index (κ3) is 6.37. The fourth-order valence-corrected chi connectivity index (χ4v) is 3.08. The number of carbonyl (C=O) groups excluding carboxylic acids is 1. The van der Waals surface area contributed by atoms with Crippen LogP contribution in [0.15, 0.2) is 24.3 Å². The normalized spacial score (nSPS) is 18.6. The molecule has 0 bridgehead atoms. The van der Waals surface area contributed by atoms with Gasteiger partial charge in [0.2, 0.25) is 5.91 Å². The van der Waals surface area contributed by atoms with Gasteiger partial charge in [-0.1, -0.05) is 24.1 Å². The first-order valence-corrected chi connectivity index (χ1v) is 8.57. The van der Waals surface area contributed by atoms with Crippen LogP contribution in [0, 0.1) is 0 Å². The molecule has 2 rings (SSSR count). The first-order valence-electron chi connectivity index (χ1n) is 8.19. The molecule has 2 N–H and O–H groups in total. The van der Waals surface area contributed by atoms with Crippen LogP contribution in [-0.2, 0) is 4.79 Å². The van der Waals surface area contributed by atoms with Crippen LogP contribution in [0.25, 0.3) is 0 Å². The molecule has 6 heteroatoms. The number of benzene rings is 1. The number of nitrogens with one attached hydrogen (secondary N) is 1. The van der Waals surface area contributed by atoms with Crippen molar-refractivity contribution in [3.8, 4) is 5.75 Å². The lowest BCUT2D eigenvalue weighted by atomic mass is 10.00. The largest absolute Gasteiger partial charge is 0.492 e. The van der Waals surface area contributed by atoms with Gasteiger partial charge in [0, 0.05) is 17.7 Å². The molecule has 1 amide bonds. The van der Waals surface area contributed by atoms with Crippen molar-refractivity contribution in [2.24, 2.45) is 0 Å². The zero-order valence-corrected chi connectivity index (χ0v) is 14.1. The minimum absolute atomic E-state index is 0.00420. The Labute approximate surface area is 142 Å². The van der Waals surface area contributed by atoms with Gasteiger partial charge in [0.1, 0.15) is 12.4 Å². The lowest BCUT2D eigenvalue weighted by Crippen LogP contribution is -2.46. The number of nitrogens with zero attached hydrogens (tertiary/aromatic N) is 1. The highest BCUT2D eigenvalue weighted by atomic mass is 35.5. The van der Waals surface area contributed by atoms with Gasteiger partial charge >= 0.3 is 0 Å². The summed E-state index contributed by atoms with van der Waals surface area (Å²) in [5.74, 6) is 0.704. The number of aliphatic hydroxyl groups excluding tert-OH is 1. The van der Waals surface area contributed by atoms with Crippen LogP contribution in [0.3, 0.4) is 0 Å². The van der Waals surface area contributed by atoms with Gasteiger partial charge in [0.05, 0.1) is 13.1 Å². The van der Waals surface area contributed by atoms with Gasteiger partial charge in [-0.25, -0.2) is 0 Å². The summed E-state index contributed by atoms with van der Waals surface area (Å²) in [6, 6.07) is 7.52. The molecular formula is C17H25ClN2O3. The maximum atomic E-state index is 12.0. The molecule has 1 aromatic carbocycles. The van der Waals surface area contributed by atoms with E-state index in [2.05, 4.69) is 10.2 Å². The molecule has 0 radical (unpaired) electrons. The zero-order chi connectivity index (χ0) is 16.5. The summed E-state index contributed by atoms with van der Waals surface area (Å²) in [6.45, 7) is 2.37. The molecule has 0 aromatic heterocycles. The van der Waals surface area contributed by atoms with Gasteiger partial charge in [-0.15, -0.1) is 0 Å². The summed E-state index contributed by atoms with van der Waals surface area (Å²) in [5, 5.41) is 12.6. The number of hydrogen-bond donors (Lipinski definition) is 2. The van der Waals surface area contributed by atoms with E-state index < -0.39 is 0 Å². The van der Waals surface area contributed by atoms with E-state index in [9.17, 15) is 4.79 Å². The number of amides is 1. The summed E-state index contributed by atoms with van der Waals surface area (Å²) >= 11 is 5.88. The van der Waals surface area contributed by atoms with Crippen molar-refractivity contribution in [2.75, 3.05) is 32.8 Å². The highest BCUT2D eigenvalue weighted by Crippen LogP contribution is 2.19. The number of rotatable bonds is 8. The molecule has 1 heterocycles. The Bertz CT molecular complexity index is 496. The third-order valence-electron chi connectivity index (χ3n) is 4.05. The molecule has 1 unspecified atom stereocenters. The van der Waals surface area contributed by atoms with E-state index in [0.717, 1.165) is 25.8 Å². The van der Waals surface area contributed by atoms with E-state index in [-0.39, 0.29) is 12.5 Å². The van der Waals surface area contributed by atoms with Crippen molar-refractivity contribution in [3.63, 3.8) is 0 Å². The van der Waals surface area contributed by atoms with Crippen LogP contribution < -0.4 is 10.1 Å². The summed E-state index contributed by atoms with van der Waals surface area (Å²) < 4.78 is 5.54. The van der Waals surface area contributed by atoms with E-state index in [0.29, 0.717) is 36.5 Å². The van der Waals surface area contributed by atoms with Crippen molar-refractivity contribution in [2.45, 2.75) is 31.7 Å². The topological polar surface area (TPSA) is 61.8 Å². The van der Waals surface area contributed by atoms with Gasteiger partial charge in [-0.05, 0) is 44.0 Å². The molecule has 5 nitrogen and oxygen atoms in total. The van der Waals surface area contributed by atoms with Crippen LogP contribution in [0.5, 0.6) is 5.75 Å². The predicted octanol–water partition coefficient (Wildman–Crippen LogP) is 2.07. The minimum atomic E-state index is 0.00420. The first-order chi connectivity index (χ1) is 11.2. The third-order valence-corrected chi connectivity index (χ3v) is 4.28. The van der Waals surface area contributed by atoms with Gasteiger partial charge < -0.3 is 15.2 Å². The minimum Gasteiger partial charge on any atom is -0.492 e. The quantitative estimate of drug-likeness (QED) is 0.711. The van der Waals surface area contributed by atoms with E-state index in [1.165, 1.54) is 6.42 Å². The number of halogens is 1. The number of ether oxygens (including phenoxy) is 1. The predicted molar refractivity (Wildman–Crippen MR) is 90.9 cm³/mol. The monoisotopic (exact) mass is 340 g/mol. The fourth-order valence-electron chi connectivity index (χ4n) is 2.90. The van der Waals surface area contributed by atoms with Crippen LogP contribution >= 0.6 is 11.6 Å². The Morgan fingerprint density at radius 3 is 3.09 bits per heavy atom. The van der Waals surface area contributed by atoms with Gasteiger partial charge in [0.15, 0.2) is 0 Å². The summed E-state index contributed by atoms with van der Waals surface area (Å²) in [5.41, 5.74) is 0. The van der Waals surface area contributed by atoms with E-state index in [4.69, 9.17) is 21.4 Å². The molecule has 1 atom stereocenters. The van der Waals surface area contributed by atoms with Crippen molar-refractivity contribution >= 4 is 17.5 Å². The van der Waals surface area contributed by atoms with Crippen molar-refractivity contribution in [3.05, 3.63) is 29.3 Å². The highest BCUT2D eigenvalue weighted by molar-refractivity contribution is 6.30. The number of aliphatic hydroxyl groups is 1. The van der Waals surface area contributed by atoms with Crippen LogP contribution in [-0.4, -0.2) is 54.8 Å². The van der Waals surface area contributed by atoms with Gasteiger partial charge in [0.25, 0.3) is 0 Å². The number of likely N-dealkylation sites (tertiary alicyclic amines) is 1. The lowest BCUT2D eigenvalue weighted by molar-refractivity contribution is -0.123. The smallest absolute Gasteiger partial charge is 0.234 e. The molecule has 1 aromatic rings. The Morgan fingerprint density at radius 2 is 2.30 bits per heavy atom. The molecule has 1 fully saturated rings. The van der Waals surface area contributed by atoms with Crippen LogP contribution in [0.2, 0.25) is 5.02 Å². The summed E-state index contributed by atoms with van der Waals surface area (Å²) in [7, 11) is 0. The second-order valence-electron chi connectivity index (χ2n) is 5.79. The lowest BCUT2D eigenvalue weighted by Gasteiger charge is -2.34. The van der Waals surface area contributed by atoms with Crippen LogP contribution in [0.1, 0.15) is 25.7 Å². The van der Waals surface area contributed by atoms with Crippen molar-refractivity contribution < 1.29 is 14.6 Å². The molecule has 0 aliphatic carbocycles. The van der Waals surface area contributed by atoms with E-state index in [1.54, 1.807) is 12.1 Å². The number of hydrogen-bond acceptors (Lipinski definition) is 4. The second kappa shape index (κ2) is 9.75. The molecular weight excluding hydrogens is 316 g/mol. The fraction of sp³-hybridized carbons (Fsp3) is 0.588. The Morgan fingerprint density at radius 1 is 1.43 bits per heavy atom. The van der Waals surface area contributed by atoms with E-state index in [1.807, 2.05) is 12.1 Å². The summed E-state index contributed by atoms with van der Waals surface area (Å²) in [6.07, 6.45) is 4.10. The van der Waals surface area contributed by atoms with Gasteiger partial charge in [-0.2, -0.15) is 0 Å². The zero-order valence-electron chi connectivity index (χ0n) is 13.3. The molecule has 1 aliphatic heterocycles. The first kappa shape index (κ1) is 18.0. The molecule has 23 heavy (non-hydrogen) atoms. The SMILES string of the molecule is O=C(CN1CCCCC1CCO)NCCOc1cccc(Cl)c1. The number of carbonyl (C=O) groups is 1. The van der Waals surface area contributed by atoms with Crippen LogP contribution in [0.4, 0.5) is 0 Å². The number of piperidine rings is 1. The maximum absolute atomic E-state index is 12.0. The average Bonchev–Trinajstić information content (AvgIpc) is 2.54. The Balaban J connectivity index is 1.66. The molecule has 1 saturated heterocycles. The molecule has 1 aliphatic rings. The average molecular weight is 341 g/mol. The molecule has 128 valence electrons. The standard InChI is InChI=1S/C17H25ClN2O3/c18-14-4-3-6-16(12-14)23-11-8-19-17(22)13-20-9-2-1-5-15(20)7-10-21/h3-4,6,12,15,21H,1-2,5,7-11,13H2,(H,19,22). The highest BCUT2D eigenvalue weighted by Gasteiger charge is 2.23. The Hall–Kier alpha value is -1.30. The van der Waals surface area contributed by atoms with Gasteiger partial charge in [-0.3, -0.25) is 9.69 Å². The van der Waals surface area contributed by atoms with E-state index >= 15 is 0 Å².